The van der Waals surface area contributed by atoms with E-state index in [1.807, 2.05) is 11.3 Å². The largest absolute Gasteiger partial charge is 0.326 e. The Hall–Kier alpha value is -0.680. The van der Waals surface area contributed by atoms with Crippen LogP contribution in [-0.2, 0) is 13.1 Å². The molecule has 0 saturated carbocycles. The summed E-state index contributed by atoms with van der Waals surface area (Å²) in [7, 11) is 4.19. The van der Waals surface area contributed by atoms with Gasteiger partial charge < -0.3 is 10.6 Å². The van der Waals surface area contributed by atoms with Crippen LogP contribution in [0.3, 0.4) is 0 Å². The summed E-state index contributed by atoms with van der Waals surface area (Å²) in [6.45, 7) is 1.65. The molecule has 0 aliphatic heterocycles. The molecule has 0 aromatic carbocycles. The van der Waals surface area contributed by atoms with Gasteiger partial charge in [-0.1, -0.05) is 0 Å². The van der Waals surface area contributed by atoms with Gasteiger partial charge in [0.2, 0.25) is 0 Å². The van der Waals surface area contributed by atoms with E-state index in [1.54, 1.807) is 11.3 Å². The van der Waals surface area contributed by atoms with Crippen LogP contribution in [-0.4, -0.2) is 19.0 Å². The molecular formula is C12H16N2S2. The van der Waals surface area contributed by atoms with Crippen molar-refractivity contribution >= 4 is 22.7 Å². The van der Waals surface area contributed by atoms with Gasteiger partial charge in [0.1, 0.15) is 0 Å². The first-order valence-electron chi connectivity index (χ1n) is 5.20. The van der Waals surface area contributed by atoms with Crippen LogP contribution in [0.4, 0.5) is 0 Å². The highest BCUT2D eigenvalue weighted by atomic mass is 32.1. The maximum absolute atomic E-state index is 5.62. The predicted molar refractivity (Wildman–Crippen MR) is 72.9 cm³/mol. The van der Waals surface area contributed by atoms with E-state index in [0.29, 0.717) is 6.54 Å². The number of rotatable bonds is 4. The summed E-state index contributed by atoms with van der Waals surface area (Å²) in [4.78, 5) is 6.18. The van der Waals surface area contributed by atoms with Crippen LogP contribution in [0.15, 0.2) is 23.6 Å². The van der Waals surface area contributed by atoms with Gasteiger partial charge in [-0.25, -0.2) is 0 Å². The number of hydrogen-bond donors (Lipinski definition) is 1. The van der Waals surface area contributed by atoms with Crippen LogP contribution in [0.2, 0.25) is 0 Å². The first-order chi connectivity index (χ1) is 7.69. The third-order valence-corrected chi connectivity index (χ3v) is 4.35. The molecule has 0 aliphatic carbocycles. The maximum Gasteiger partial charge on any atom is 0.0354 e. The standard InChI is InChI=1S/C12H16N2S2/c1-14(2)7-10-3-4-12(16-10)9-5-11(6-13)15-8-9/h3-5,8H,6-7,13H2,1-2H3. The summed E-state index contributed by atoms with van der Waals surface area (Å²) in [5.74, 6) is 0. The molecule has 2 nitrogen and oxygen atoms in total. The first kappa shape index (κ1) is 11.8. The predicted octanol–water partition coefficient (Wildman–Crippen LogP) is 3.00. The van der Waals surface area contributed by atoms with E-state index in [4.69, 9.17) is 5.73 Å². The summed E-state index contributed by atoms with van der Waals surface area (Å²) in [5, 5.41) is 2.19. The molecule has 0 aliphatic rings. The van der Waals surface area contributed by atoms with Gasteiger partial charge in [0.25, 0.3) is 0 Å². The van der Waals surface area contributed by atoms with E-state index in [-0.39, 0.29) is 0 Å². The molecule has 86 valence electrons. The number of thiophene rings is 2. The van der Waals surface area contributed by atoms with Crippen molar-refractivity contribution in [1.29, 1.82) is 0 Å². The van der Waals surface area contributed by atoms with Gasteiger partial charge in [-0.15, -0.1) is 22.7 Å². The van der Waals surface area contributed by atoms with Crippen LogP contribution in [0, 0.1) is 0 Å². The Bertz CT molecular complexity index is 457. The van der Waals surface area contributed by atoms with E-state index in [9.17, 15) is 0 Å². The minimum Gasteiger partial charge on any atom is -0.326 e. The molecular weight excluding hydrogens is 236 g/mol. The number of nitrogens with zero attached hydrogens (tertiary/aromatic N) is 1. The Kier molecular flexibility index (Phi) is 3.76. The van der Waals surface area contributed by atoms with E-state index in [1.165, 1.54) is 20.2 Å². The van der Waals surface area contributed by atoms with Crippen molar-refractivity contribution < 1.29 is 0 Å². The highest BCUT2D eigenvalue weighted by Gasteiger charge is 2.05. The zero-order valence-electron chi connectivity index (χ0n) is 9.56. The molecule has 2 aromatic rings. The van der Waals surface area contributed by atoms with E-state index in [0.717, 1.165) is 6.54 Å². The molecule has 0 unspecified atom stereocenters. The second-order valence-corrected chi connectivity index (χ2v) is 6.17. The second kappa shape index (κ2) is 5.10. The van der Waals surface area contributed by atoms with Crippen LogP contribution in [0.25, 0.3) is 10.4 Å². The average molecular weight is 252 g/mol. The van der Waals surface area contributed by atoms with Crippen molar-refractivity contribution in [2.75, 3.05) is 14.1 Å². The third kappa shape index (κ3) is 2.71. The van der Waals surface area contributed by atoms with Crippen LogP contribution in [0.1, 0.15) is 9.75 Å². The molecule has 16 heavy (non-hydrogen) atoms. The van der Waals surface area contributed by atoms with Gasteiger partial charge in [0, 0.05) is 33.3 Å². The lowest BCUT2D eigenvalue weighted by Gasteiger charge is -2.05. The highest BCUT2D eigenvalue weighted by molar-refractivity contribution is 7.16. The quantitative estimate of drug-likeness (QED) is 0.906. The van der Waals surface area contributed by atoms with Gasteiger partial charge in [0.15, 0.2) is 0 Å². The molecule has 0 fully saturated rings. The fraction of sp³-hybridized carbons (Fsp3) is 0.333. The molecule has 0 atom stereocenters. The fourth-order valence-electron chi connectivity index (χ4n) is 1.55. The van der Waals surface area contributed by atoms with Crippen molar-refractivity contribution in [3.63, 3.8) is 0 Å². The van der Waals surface area contributed by atoms with Crippen LogP contribution in [0.5, 0.6) is 0 Å². The average Bonchev–Trinajstić information content (AvgIpc) is 2.83. The van der Waals surface area contributed by atoms with Crippen molar-refractivity contribution in [1.82, 2.24) is 4.90 Å². The Morgan fingerprint density at radius 2 is 2.06 bits per heavy atom. The molecule has 2 aromatic heterocycles. The monoisotopic (exact) mass is 252 g/mol. The summed E-state index contributed by atoms with van der Waals surface area (Å²) < 4.78 is 0. The molecule has 0 bridgehead atoms. The van der Waals surface area contributed by atoms with Crippen LogP contribution >= 0.6 is 22.7 Å². The van der Waals surface area contributed by atoms with Crippen molar-refractivity contribution in [2.24, 2.45) is 5.73 Å². The Labute approximate surface area is 104 Å². The lowest BCUT2D eigenvalue weighted by molar-refractivity contribution is 0.406. The van der Waals surface area contributed by atoms with Crippen molar-refractivity contribution in [2.45, 2.75) is 13.1 Å². The van der Waals surface area contributed by atoms with Crippen molar-refractivity contribution in [3.05, 3.63) is 33.3 Å². The zero-order chi connectivity index (χ0) is 11.5. The SMILES string of the molecule is CN(C)Cc1ccc(-c2csc(CN)c2)s1. The molecule has 0 saturated heterocycles. The molecule has 2 heterocycles. The Balaban J connectivity index is 2.17. The minimum atomic E-state index is 0.639. The van der Waals surface area contributed by atoms with E-state index < -0.39 is 0 Å². The van der Waals surface area contributed by atoms with Gasteiger partial charge in [-0.05, 0) is 37.7 Å². The third-order valence-electron chi connectivity index (χ3n) is 2.27. The highest BCUT2D eigenvalue weighted by Crippen LogP contribution is 2.31. The van der Waals surface area contributed by atoms with E-state index in [2.05, 4.69) is 42.6 Å². The van der Waals surface area contributed by atoms with Gasteiger partial charge in [0.05, 0.1) is 0 Å². The maximum atomic E-state index is 5.62. The topological polar surface area (TPSA) is 29.3 Å². The summed E-state index contributed by atoms with van der Waals surface area (Å²) >= 11 is 3.60. The van der Waals surface area contributed by atoms with E-state index >= 15 is 0 Å². The fourth-order valence-corrected chi connectivity index (χ4v) is 3.50. The molecule has 0 radical (unpaired) electrons. The number of hydrogen-bond acceptors (Lipinski definition) is 4. The van der Waals surface area contributed by atoms with Crippen LogP contribution < -0.4 is 5.73 Å². The molecule has 0 amide bonds. The molecule has 2 N–H and O–H groups in total. The first-order valence-corrected chi connectivity index (χ1v) is 6.90. The Morgan fingerprint density at radius 1 is 1.25 bits per heavy atom. The Morgan fingerprint density at radius 3 is 2.69 bits per heavy atom. The molecule has 2 rings (SSSR count). The molecule has 0 spiro atoms. The second-order valence-electron chi connectivity index (χ2n) is 4.01. The minimum absolute atomic E-state index is 0.639. The van der Waals surface area contributed by atoms with Gasteiger partial charge in [-0.3, -0.25) is 0 Å². The lowest BCUT2D eigenvalue weighted by atomic mass is 10.2. The summed E-state index contributed by atoms with van der Waals surface area (Å²) in [6, 6.07) is 6.60. The normalized spacial score (nSPS) is 11.2. The molecule has 4 heteroatoms. The zero-order valence-corrected chi connectivity index (χ0v) is 11.2. The van der Waals surface area contributed by atoms with Gasteiger partial charge >= 0.3 is 0 Å². The number of nitrogens with two attached hydrogens (primary N) is 1. The smallest absolute Gasteiger partial charge is 0.0354 e. The summed E-state index contributed by atoms with van der Waals surface area (Å²) in [6.07, 6.45) is 0. The lowest BCUT2D eigenvalue weighted by Crippen LogP contribution is -2.09. The van der Waals surface area contributed by atoms with Crippen molar-refractivity contribution in [3.8, 4) is 10.4 Å². The summed E-state index contributed by atoms with van der Waals surface area (Å²) in [5.41, 5.74) is 6.93. The van der Waals surface area contributed by atoms with Gasteiger partial charge in [-0.2, -0.15) is 0 Å².